The number of halogens is 3. The number of rotatable bonds is 8. The number of carbonyl (C=O) groups is 1. The van der Waals surface area contributed by atoms with Crippen molar-refractivity contribution in [2.75, 3.05) is 11.9 Å². The summed E-state index contributed by atoms with van der Waals surface area (Å²) >= 11 is 6.07. The fraction of sp³-hybridized carbons (Fsp3) is 0.208. The number of fused-ring (bicyclic) bond motifs is 1. The van der Waals surface area contributed by atoms with Crippen molar-refractivity contribution in [1.29, 1.82) is 0 Å². The molecule has 180 valence electrons. The first-order chi connectivity index (χ1) is 16.7. The van der Waals surface area contributed by atoms with Gasteiger partial charge in [0.2, 0.25) is 5.91 Å². The van der Waals surface area contributed by atoms with Crippen LogP contribution in [0.2, 0.25) is 5.15 Å². The highest BCUT2D eigenvalue weighted by atomic mass is 35.5. The summed E-state index contributed by atoms with van der Waals surface area (Å²) in [5.41, 5.74) is 1.11. The quantitative estimate of drug-likeness (QED) is 0.384. The van der Waals surface area contributed by atoms with Crippen LogP contribution in [0.1, 0.15) is 16.7 Å². The SMILES string of the molecule is Cc1cccc(C(F)(F)CNc2ncc(Cl)n(CC(=O)NCc3cncc4cccnc34)c2=O)c1. The molecule has 0 saturated carbocycles. The molecule has 4 aromatic rings. The van der Waals surface area contributed by atoms with Gasteiger partial charge >= 0.3 is 0 Å². The summed E-state index contributed by atoms with van der Waals surface area (Å²) in [7, 11) is 0. The lowest BCUT2D eigenvalue weighted by Gasteiger charge is -2.18. The van der Waals surface area contributed by atoms with Gasteiger partial charge in [0.15, 0.2) is 5.82 Å². The molecule has 1 amide bonds. The van der Waals surface area contributed by atoms with Crippen molar-refractivity contribution in [3.63, 3.8) is 0 Å². The smallest absolute Gasteiger partial charge is 0.294 e. The maximum Gasteiger partial charge on any atom is 0.294 e. The molecular formula is C24H21ClF2N6O2. The van der Waals surface area contributed by atoms with Crippen LogP contribution in [0.4, 0.5) is 14.6 Å². The van der Waals surface area contributed by atoms with Gasteiger partial charge in [0.1, 0.15) is 11.7 Å². The van der Waals surface area contributed by atoms with Gasteiger partial charge in [-0.3, -0.25) is 24.1 Å². The number of anilines is 1. The van der Waals surface area contributed by atoms with Crippen molar-refractivity contribution in [2.24, 2.45) is 0 Å². The molecule has 0 aliphatic carbocycles. The zero-order valence-corrected chi connectivity index (χ0v) is 19.4. The number of aryl methyl sites for hydroxylation is 1. The molecule has 2 N–H and O–H groups in total. The van der Waals surface area contributed by atoms with Gasteiger partial charge in [-0.25, -0.2) is 4.98 Å². The van der Waals surface area contributed by atoms with Crippen LogP contribution in [0.25, 0.3) is 10.9 Å². The van der Waals surface area contributed by atoms with Gasteiger partial charge in [-0.2, -0.15) is 8.78 Å². The van der Waals surface area contributed by atoms with E-state index in [0.717, 1.165) is 16.2 Å². The Morgan fingerprint density at radius 1 is 1.14 bits per heavy atom. The Morgan fingerprint density at radius 2 is 1.97 bits per heavy atom. The van der Waals surface area contributed by atoms with E-state index in [2.05, 4.69) is 25.6 Å². The Balaban J connectivity index is 1.44. The van der Waals surface area contributed by atoms with Crippen molar-refractivity contribution in [3.05, 3.63) is 93.4 Å². The molecule has 0 unspecified atom stereocenters. The zero-order valence-electron chi connectivity index (χ0n) is 18.6. The average molecular weight is 499 g/mol. The van der Waals surface area contributed by atoms with Crippen LogP contribution in [0.3, 0.4) is 0 Å². The van der Waals surface area contributed by atoms with Gasteiger partial charge in [-0.15, -0.1) is 0 Å². The lowest BCUT2D eigenvalue weighted by Crippen LogP contribution is -2.35. The number of hydrogen-bond donors (Lipinski definition) is 2. The molecule has 0 radical (unpaired) electrons. The van der Waals surface area contributed by atoms with Gasteiger partial charge in [0.25, 0.3) is 11.5 Å². The molecule has 0 aliphatic heterocycles. The van der Waals surface area contributed by atoms with Crippen molar-refractivity contribution >= 4 is 34.2 Å². The topological polar surface area (TPSA) is 102 Å². The molecule has 8 nitrogen and oxygen atoms in total. The van der Waals surface area contributed by atoms with Crippen LogP contribution in [0.15, 0.2) is 66.0 Å². The molecule has 4 rings (SSSR count). The number of carbonyl (C=O) groups excluding carboxylic acids is 1. The molecule has 3 aromatic heterocycles. The number of benzene rings is 1. The first-order valence-corrected chi connectivity index (χ1v) is 11.0. The van der Waals surface area contributed by atoms with Gasteiger partial charge in [-0.1, -0.05) is 41.4 Å². The molecule has 3 heterocycles. The van der Waals surface area contributed by atoms with Crippen LogP contribution < -0.4 is 16.2 Å². The van der Waals surface area contributed by atoms with Crippen LogP contribution >= 0.6 is 11.6 Å². The highest BCUT2D eigenvalue weighted by Crippen LogP contribution is 2.28. The molecular weight excluding hydrogens is 478 g/mol. The molecule has 0 aliphatic rings. The third-order valence-electron chi connectivity index (χ3n) is 5.29. The molecule has 0 saturated heterocycles. The molecule has 0 bridgehead atoms. The second-order valence-electron chi connectivity index (χ2n) is 7.90. The number of amides is 1. The largest absolute Gasteiger partial charge is 0.359 e. The molecule has 11 heteroatoms. The first kappa shape index (κ1) is 24.2. The minimum absolute atomic E-state index is 0.102. The van der Waals surface area contributed by atoms with E-state index >= 15 is 0 Å². The molecule has 35 heavy (non-hydrogen) atoms. The minimum atomic E-state index is -3.25. The highest BCUT2D eigenvalue weighted by molar-refractivity contribution is 6.29. The standard InChI is InChI=1S/C24H21ClF2N6O2/c1-15-4-2-6-18(8-15)24(26,27)14-32-22-23(35)33(19(25)12-31-22)13-20(34)30-11-17-10-28-9-16-5-3-7-29-21(16)17/h2-10,12H,11,13-14H2,1H3,(H,30,34)(H,31,32). The van der Waals surface area contributed by atoms with E-state index in [4.69, 9.17) is 11.6 Å². The van der Waals surface area contributed by atoms with E-state index < -0.39 is 30.5 Å². The number of nitrogens with one attached hydrogen (secondary N) is 2. The van der Waals surface area contributed by atoms with Crippen molar-refractivity contribution in [1.82, 2.24) is 24.8 Å². The number of pyridine rings is 2. The Bertz CT molecular complexity index is 1440. The van der Waals surface area contributed by atoms with E-state index in [1.165, 1.54) is 18.2 Å². The fourth-order valence-electron chi connectivity index (χ4n) is 3.49. The predicted molar refractivity (Wildman–Crippen MR) is 128 cm³/mol. The normalized spacial score (nSPS) is 11.4. The van der Waals surface area contributed by atoms with E-state index in [-0.39, 0.29) is 23.1 Å². The molecule has 0 fully saturated rings. The Labute approximate surface area is 204 Å². The summed E-state index contributed by atoms with van der Waals surface area (Å²) in [6.07, 6.45) is 6.03. The maximum absolute atomic E-state index is 14.6. The number of alkyl halides is 2. The van der Waals surface area contributed by atoms with Crippen LogP contribution in [0, 0.1) is 6.92 Å². The van der Waals surface area contributed by atoms with Crippen LogP contribution in [0.5, 0.6) is 0 Å². The van der Waals surface area contributed by atoms with Crippen LogP contribution in [-0.4, -0.2) is 32.0 Å². The minimum Gasteiger partial charge on any atom is -0.359 e. The van der Waals surface area contributed by atoms with Gasteiger partial charge < -0.3 is 10.6 Å². The number of hydrogen-bond acceptors (Lipinski definition) is 6. The van der Waals surface area contributed by atoms with E-state index in [9.17, 15) is 18.4 Å². The first-order valence-electron chi connectivity index (χ1n) is 10.6. The lowest BCUT2D eigenvalue weighted by atomic mass is 10.1. The van der Waals surface area contributed by atoms with E-state index in [1.807, 2.05) is 6.07 Å². The molecule has 0 atom stereocenters. The second kappa shape index (κ2) is 10.1. The van der Waals surface area contributed by atoms with Gasteiger partial charge in [0, 0.05) is 41.6 Å². The summed E-state index contributed by atoms with van der Waals surface area (Å²) in [6, 6.07) is 9.58. The van der Waals surface area contributed by atoms with E-state index in [1.54, 1.807) is 37.6 Å². The molecule has 1 aromatic carbocycles. The Morgan fingerprint density at radius 3 is 2.77 bits per heavy atom. The summed E-state index contributed by atoms with van der Waals surface area (Å²) < 4.78 is 30.2. The second-order valence-corrected chi connectivity index (χ2v) is 8.29. The van der Waals surface area contributed by atoms with Crippen LogP contribution in [-0.2, 0) is 23.8 Å². The van der Waals surface area contributed by atoms with Crippen molar-refractivity contribution in [2.45, 2.75) is 25.9 Å². The Kier molecular flexibility index (Phi) is 7.02. The maximum atomic E-state index is 14.6. The summed E-state index contributed by atoms with van der Waals surface area (Å²) in [4.78, 5) is 37.6. The summed E-state index contributed by atoms with van der Waals surface area (Å²) in [5, 5.41) is 5.81. The lowest BCUT2D eigenvalue weighted by molar-refractivity contribution is -0.121. The molecule has 0 spiro atoms. The van der Waals surface area contributed by atoms with E-state index in [0.29, 0.717) is 16.6 Å². The van der Waals surface area contributed by atoms with Gasteiger partial charge in [0.05, 0.1) is 18.3 Å². The fourth-order valence-corrected chi connectivity index (χ4v) is 3.67. The predicted octanol–water partition coefficient (Wildman–Crippen LogP) is 3.67. The summed E-state index contributed by atoms with van der Waals surface area (Å²) in [6.45, 7) is 0.568. The third kappa shape index (κ3) is 5.60. The zero-order chi connectivity index (χ0) is 25.0. The number of nitrogens with zero attached hydrogens (tertiary/aromatic N) is 4. The van der Waals surface area contributed by atoms with Crippen molar-refractivity contribution < 1.29 is 13.6 Å². The van der Waals surface area contributed by atoms with Gasteiger partial charge in [-0.05, 0) is 19.1 Å². The highest BCUT2D eigenvalue weighted by Gasteiger charge is 2.32. The monoisotopic (exact) mass is 498 g/mol. The summed E-state index contributed by atoms with van der Waals surface area (Å²) in [5.74, 6) is -4.09. The number of aromatic nitrogens is 4. The average Bonchev–Trinajstić information content (AvgIpc) is 2.85. The van der Waals surface area contributed by atoms with Crippen molar-refractivity contribution in [3.8, 4) is 0 Å². The third-order valence-corrected chi connectivity index (χ3v) is 5.59. The Hall–Kier alpha value is -3.92.